The molecule has 9 nitrogen and oxygen atoms in total. The molecule has 0 saturated heterocycles. The number of hydrogen-bond donors (Lipinski definition) is 1. The number of aromatic nitrogens is 2. The third-order valence-corrected chi connectivity index (χ3v) is 8.03. The number of benzene rings is 3. The fourth-order valence-corrected chi connectivity index (χ4v) is 5.69. The Labute approximate surface area is 251 Å². The van der Waals surface area contributed by atoms with E-state index in [-0.39, 0.29) is 13.4 Å². The van der Waals surface area contributed by atoms with Gasteiger partial charge in [-0.2, -0.15) is 0 Å². The first-order valence-electron chi connectivity index (χ1n) is 14.6. The third kappa shape index (κ3) is 6.89. The number of ether oxygens (including phenoxy) is 4. The van der Waals surface area contributed by atoms with E-state index in [4.69, 9.17) is 18.9 Å². The highest BCUT2D eigenvalue weighted by molar-refractivity contribution is 5.71. The van der Waals surface area contributed by atoms with Gasteiger partial charge in [-0.3, -0.25) is 14.9 Å². The van der Waals surface area contributed by atoms with E-state index in [2.05, 4.69) is 39.1 Å². The Morgan fingerprint density at radius 2 is 1.74 bits per heavy atom. The number of carbonyl (C=O) groups excluding carboxylic acids is 1. The molecular weight excluding hydrogens is 546 g/mol. The lowest BCUT2D eigenvalue weighted by Gasteiger charge is -2.24. The Hall–Kier alpha value is -4.63. The molecule has 2 aliphatic heterocycles. The van der Waals surface area contributed by atoms with E-state index in [9.17, 15) is 9.90 Å². The molecule has 0 amide bonds. The molecule has 43 heavy (non-hydrogen) atoms. The largest absolute Gasteiger partial charge is 0.508 e. The van der Waals surface area contributed by atoms with Crippen molar-refractivity contribution in [3.63, 3.8) is 0 Å². The van der Waals surface area contributed by atoms with Crippen LogP contribution in [0.25, 0.3) is 11.3 Å². The van der Waals surface area contributed by atoms with Crippen LogP contribution >= 0.6 is 0 Å². The van der Waals surface area contributed by atoms with Crippen LogP contribution in [0, 0.1) is 0 Å². The van der Waals surface area contributed by atoms with Crippen molar-refractivity contribution in [1.29, 1.82) is 0 Å². The number of esters is 1. The summed E-state index contributed by atoms with van der Waals surface area (Å²) in [6.07, 6.45) is 9.27. The van der Waals surface area contributed by atoms with Gasteiger partial charge < -0.3 is 24.1 Å². The second-order valence-electron chi connectivity index (χ2n) is 10.8. The Balaban J connectivity index is 1.30. The standard InChI is InChI=1S/C34H35N3O6/c1-40-34(39)21-41-31-9-7-26(29-19-35-11-12-36-29)16-28(31)20-37-13-2-3-24-17-32-33(43-22-42-32)18-25(24)5-6-27-15-23(10-14-37)4-8-30(27)38/h4,7-9,11-12,15-19,38H,2-3,5-6,10,13-14,20-22H2,1H3. The van der Waals surface area contributed by atoms with Crippen molar-refractivity contribution in [3.05, 3.63) is 94.9 Å². The summed E-state index contributed by atoms with van der Waals surface area (Å²) in [7, 11) is 1.35. The summed E-state index contributed by atoms with van der Waals surface area (Å²) in [5, 5.41) is 10.6. The highest BCUT2D eigenvalue weighted by Crippen LogP contribution is 2.36. The lowest BCUT2D eigenvalue weighted by atomic mass is 9.95. The van der Waals surface area contributed by atoms with E-state index in [1.54, 1.807) is 24.7 Å². The molecule has 0 spiro atoms. The molecule has 0 saturated carbocycles. The van der Waals surface area contributed by atoms with Gasteiger partial charge in [-0.25, -0.2) is 4.79 Å². The average Bonchev–Trinajstić information content (AvgIpc) is 3.50. The van der Waals surface area contributed by atoms with Crippen LogP contribution in [0.4, 0.5) is 0 Å². The maximum Gasteiger partial charge on any atom is 0.343 e. The SMILES string of the molecule is COC(=O)COc1ccc(-c2cnccn2)cc1CN1CCCc2cc3c(cc2CCc2cc(ccc2O)CC1)OCO3. The van der Waals surface area contributed by atoms with Gasteiger partial charge in [-0.1, -0.05) is 12.1 Å². The molecule has 1 aromatic heterocycles. The van der Waals surface area contributed by atoms with Crippen molar-refractivity contribution in [2.45, 2.75) is 38.6 Å². The Bertz CT molecular complexity index is 1590. The summed E-state index contributed by atoms with van der Waals surface area (Å²) in [6, 6.07) is 16.0. The number of rotatable bonds is 6. The molecule has 3 heterocycles. The van der Waals surface area contributed by atoms with Crippen LogP contribution < -0.4 is 14.2 Å². The van der Waals surface area contributed by atoms with E-state index in [1.165, 1.54) is 23.8 Å². The Morgan fingerprint density at radius 1 is 0.930 bits per heavy atom. The number of phenolic OH excluding ortho intramolecular Hbond substituents is 1. The number of nitrogens with zero attached hydrogens (tertiary/aromatic N) is 3. The van der Waals surface area contributed by atoms with Crippen molar-refractivity contribution >= 4 is 5.97 Å². The number of methoxy groups -OCH3 is 1. The van der Waals surface area contributed by atoms with Gasteiger partial charge in [0.1, 0.15) is 11.5 Å². The predicted molar refractivity (Wildman–Crippen MR) is 160 cm³/mol. The van der Waals surface area contributed by atoms with E-state index in [1.807, 2.05) is 18.2 Å². The van der Waals surface area contributed by atoms with Gasteiger partial charge in [0.05, 0.1) is 19.0 Å². The Morgan fingerprint density at radius 3 is 2.53 bits per heavy atom. The molecule has 2 aliphatic rings. The zero-order chi connectivity index (χ0) is 29.6. The smallest absolute Gasteiger partial charge is 0.343 e. The molecule has 0 atom stereocenters. The molecule has 0 fully saturated rings. The maximum absolute atomic E-state index is 11.9. The predicted octanol–water partition coefficient (Wildman–Crippen LogP) is 4.91. The number of fused-ring (bicyclic) bond motifs is 4. The van der Waals surface area contributed by atoms with Crippen LogP contribution in [-0.4, -0.2) is 59.5 Å². The summed E-state index contributed by atoms with van der Waals surface area (Å²) >= 11 is 0. The van der Waals surface area contributed by atoms with Gasteiger partial charge in [0.25, 0.3) is 0 Å². The zero-order valence-electron chi connectivity index (χ0n) is 24.3. The van der Waals surface area contributed by atoms with Gasteiger partial charge in [0.15, 0.2) is 18.1 Å². The van der Waals surface area contributed by atoms with E-state index < -0.39 is 5.97 Å². The Kier molecular flexibility index (Phi) is 8.70. The molecule has 222 valence electrons. The molecule has 0 radical (unpaired) electrons. The average molecular weight is 582 g/mol. The molecule has 3 aromatic carbocycles. The molecule has 2 bridgehead atoms. The van der Waals surface area contributed by atoms with Crippen LogP contribution in [0.3, 0.4) is 0 Å². The molecule has 6 rings (SSSR count). The number of phenols is 1. The molecule has 1 N–H and O–H groups in total. The maximum atomic E-state index is 11.9. The van der Waals surface area contributed by atoms with E-state index in [0.29, 0.717) is 18.0 Å². The zero-order valence-corrected chi connectivity index (χ0v) is 24.3. The first-order valence-corrected chi connectivity index (χ1v) is 14.6. The van der Waals surface area contributed by atoms with Crippen molar-refractivity contribution in [2.24, 2.45) is 0 Å². The molecular formula is C34H35N3O6. The van der Waals surface area contributed by atoms with Crippen molar-refractivity contribution in [3.8, 4) is 34.3 Å². The minimum absolute atomic E-state index is 0.169. The third-order valence-electron chi connectivity index (χ3n) is 8.03. The van der Waals surface area contributed by atoms with Crippen molar-refractivity contribution in [2.75, 3.05) is 33.6 Å². The second-order valence-corrected chi connectivity index (χ2v) is 10.8. The summed E-state index contributed by atoms with van der Waals surface area (Å²) in [5.74, 6) is 2.09. The monoisotopic (exact) mass is 581 g/mol. The number of carbonyl (C=O) groups is 1. The van der Waals surface area contributed by atoms with Crippen molar-refractivity contribution in [1.82, 2.24) is 14.9 Å². The summed E-state index contributed by atoms with van der Waals surface area (Å²) in [6.45, 7) is 2.35. The quantitative estimate of drug-likeness (QED) is 0.318. The lowest BCUT2D eigenvalue weighted by Crippen LogP contribution is -2.28. The normalized spacial score (nSPS) is 15.0. The van der Waals surface area contributed by atoms with Gasteiger partial charge in [0, 0.05) is 36.6 Å². The summed E-state index contributed by atoms with van der Waals surface area (Å²) < 4.78 is 22.1. The van der Waals surface area contributed by atoms with Crippen LogP contribution in [-0.2, 0) is 41.8 Å². The fourth-order valence-electron chi connectivity index (χ4n) is 5.69. The van der Waals surface area contributed by atoms with Gasteiger partial charge in [-0.15, -0.1) is 0 Å². The number of hydrogen-bond acceptors (Lipinski definition) is 9. The topological polar surface area (TPSA) is 103 Å². The van der Waals surface area contributed by atoms with Gasteiger partial charge in [0.2, 0.25) is 6.79 Å². The highest BCUT2D eigenvalue weighted by Gasteiger charge is 2.20. The second kappa shape index (κ2) is 13.1. The summed E-state index contributed by atoms with van der Waals surface area (Å²) in [5.41, 5.74) is 7.22. The van der Waals surface area contributed by atoms with E-state index >= 15 is 0 Å². The first-order chi connectivity index (χ1) is 21.1. The van der Waals surface area contributed by atoms with E-state index in [0.717, 1.165) is 79.1 Å². The van der Waals surface area contributed by atoms with Crippen LogP contribution in [0.2, 0.25) is 0 Å². The number of aromatic hydroxyl groups is 1. The van der Waals surface area contributed by atoms with Crippen LogP contribution in [0.1, 0.15) is 34.2 Å². The summed E-state index contributed by atoms with van der Waals surface area (Å²) in [4.78, 5) is 23.0. The highest BCUT2D eigenvalue weighted by atomic mass is 16.7. The molecule has 0 unspecified atom stereocenters. The minimum Gasteiger partial charge on any atom is -0.508 e. The minimum atomic E-state index is -0.436. The van der Waals surface area contributed by atoms with Gasteiger partial charge in [-0.05, 0) is 97.3 Å². The molecule has 9 heteroatoms. The lowest BCUT2D eigenvalue weighted by molar-refractivity contribution is -0.142. The fraction of sp³-hybridized carbons (Fsp3) is 0.324. The van der Waals surface area contributed by atoms with Crippen LogP contribution in [0.5, 0.6) is 23.0 Å². The van der Waals surface area contributed by atoms with Gasteiger partial charge >= 0.3 is 5.97 Å². The number of aryl methyl sites for hydroxylation is 3. The first kappa shape index (κ1) is 28.5. The van der Waals surface area contributed by atoms with Crippen LogP contribution in [0.15, 0.2) is 67.1 Å². The van der Waals surface area contributed by atoms with Crippen molar-refractivity contribution < 1.29 is 28.8 Å². The molecule has 0 aliphatic carbocycles. The molecule has 4 aromatic rings.